The largest absolute Gasteiger partial charge is 0.478 e. The molecule has 2 heteroatoms. The summed E-state index contributed by atoms with van der Waals surface area (Å²) in [5.41, 5.74) is 2.23. The number of aromatic carboxylic acids is 1. The number of carbonyl (C=O) groups is 1. The summed E-state index contributed by atoms with van der Waals surface area (Å²) in [4.78, 5) is 11.8. The Labute approximate surface area is 144 Å². The van der Waals surface area contributed by atoms with Gasteiger partial charge < -0.3 is 5.11 Å². The fourth-order valence-electron chi connectivity index (χ4n) is 5.90. The second-order valence-electron chi connectivity index (χ2n) is 8.34. The van der Waals surface area contributed by atoms with Gasteiger partial charge in [0.2, 0.25) is 0 Å². The highest BCUT2D eigenvalue weighted by molar-refractivity contribution is 5.92. The molecular weight excluding hydrogens is 296 g/mol. The molecule has 0 aliphatic heterocycles. The zero-order valence-corrected chi connectivity index (χ0v) is 14.5. The normalized spacial score (nSPS) is 33.1. The van der Waals surface area contributed by atoms with Crippen LogP contribution in [0.4, 0.5) is 0 Å². The van der Waals surface area contributed by atoms with E-state index >= 15 is 0 Å². The van der Waals surface area contributed by atoms with E-state index < -0.39 is 5.97 Å². The van der Waals surface area contributed by atoms with Gasteiger partial charge in [-0.1, -0.05) is 37.3 Å². The smallest absolute Gasteiger partial charge is 0.337 e. The summed E-state index contributed by atoms with van der Waals surface area (Å²) in [7, 11) is 0. The van der Waals surface area contributed by atoms with Crippen LogP contribution in [0.1, 0.15) is 73.4 Å². The van der Waals surface area contributed by atoms with Gasteiger partial charge in [-0.2, -0.15) is 0 Å². The molecule has 1 aromatic carbocycles. The third-order valence-electron chi connectivity index (χ3n) is 6.38. The molecule has 0 spiro atoms. The topological polar surface area (TPSA) is 37.3 Å². The van der Waals surface area contributed by atoms with Gasteiger partial charge in [-0.15, -0.1) is 0 Å². The van der Waals surface area contributed by atoms with Crippen LogP contribution in [0.5, 0.6) is 0 Å². The zero-order chi connectivity index (χ0) is 16.7. The maximum atomic E-state index is 11.8. The van der Waals surface area contributed by atoms with Crippen molar-refractivity contribution in [2.45, 2.75) is 58.3 Å². The van der Waals surface area contributed by atoms with Crippen LogP contribution in [0.2, 0.25) is 0 Å². The summed E-state index contributed by atoms with van der Waals surface area (Å²) < 4.78 is 0. The van der Waals surface area contributed by atoms with Gasteiger partial charge in [-0.25, -0.2) is 4.79 Å². The van der Waals surface area contributed by atoms with Crippen LogP contribution in [0, 0.1) is 35.0 Å². The molecule has 126 valence electrons. The minimum atomic E-state index is -0.839. The maximum absolute atomic E-state index is 11.8. The first-order valence-electron chi connectivity index (χ1n) is 9.47. The average molecular weight is 322 g/mol. The van der Waals surface area contributed by atoms with Gasteiger partial charge in [0.25, 0.3) is 0 Å². The van der Waals surface area contributed by atoms with E-state index in [1.807, 2.05) is 18.2 Å². The Hall–Kier alpha value is -1.75. The molecule has 4 aliphatic carbocycles. The van der Waals surface area contributed by atoms with E-state index in [0.29, 0.717) is 11.1 Å². The van der Waals surface area contributed by atoms with E-state index in [4.69, 9.17) is 0 Å². The van der Waals surface area contributed by atoms with E-state index in [1.54, 1.807) is 0 Å². The van der Waals surface area contributed by atoms with Gasteiger partial charge in [0, 0.05) is 11.0 Å². The Balaban J connectivity index is 1.68. The summed E-state index contributed by atoms with van der Waals surface area (Å²) in [5, 5.41) is 9.67. The van der Waals surface area contributed by atoms with Gasteiger partial charge in [0.05, 0.1) is 5.56 Å². The molecule has 4 fully saturated rings. The van der Waals surface area contributed by atoms with Crippen LogP contribution in [-0.2, 0) is 6.42 Å². The molecule has 0 aromatic heterocycles. The van der Waals surface area contributed by atoms with Crippen molar-refractivity contribution in [1.29, 1.82) is 0 Å². The molecular formula is C22H26O2. The van der Waals surface area contributed by atoms with Crippen molar-refractivity contribution >= 4 is 5.97 Å². The predicted octanol–water partition coefficient (Wildman–Crippen LogP) is 4.91. The molecule has 0 atom stereocenters. The number of carboxylic acid groups (broad SMARTS) is 1. The second kappa shape index (κ2) is 5.96. The Morgan fingerprint density at radius 3 is 2.33 bits per heavy atom. The Morgan fingerprint density at radius 1 is 1.17 bits per heavy atom. The van der Waals surface area contributed by atoms with Crippen LogP contribution in [0.25, 0.3) is 0 Å². The number of carboxylic acids is 1. The molecule has 0 radical (unpaired) electrons. The highest BCUT2D eigenvalue weighted by atomic mass is 16.4. The van der Waals surface area contributed by atoms with E-state index in [9.17, 15) is 9.90 Å². The van der Waals surface area contributed by atoms with Gasteiger partial charge >= 0.3 is 5.97 Å². The molecule has 4 aliphatic rings. The summed E-state index contributed by atoms with van der Waals surface area (Å²) >= 11 is 0. The van der Waals surface area contributed by atoms with Crippen molar-refractivity contribution < 1.29 is 9.90 Å². The molecule has 1 aromatic rings. The van der Waals surface area contributed by atoms with Gasteiger partial charge in [-0.3, -0.25) is 0 Å². The Kier molecular flexibility index (Phi) is 3.91. The van der Waals surface area contributed by atoms with Crippen LogP contribution in [0.15, 0.2) is 18.2 Å². The van der Waals surface area contributed by atoms with Crippen molar-refractivity contribution in [3.05, 3.63) is 34.9 Å². The summed E-state index contributed by atoms with van der Waals surface area (Å²) in [6.07, 6.45) is 9.70. The lowest BCUT2D eigenvalue weighted by Crippen LogP contribution is -2.45. The van der Waals surface area contributed by atoms with E-state index in [-0.39, 0.29) is 5.41 Å². The number of hydrogen-bond donors (Lipinski definition) is 1. The van der Waals surface area contributed by atoms with Crippen LogP contribution in [-0.4, -0.2) is 11.1 Å². The molecule has 4 saturated carbocycles. The van der Waals surface area contributed by atoms with Crippen molar-refractivity contribution in [2.75, 3.05) is 0 Å². The molecule has 4 bridgehead atoms. The molecule has 0 amide bonds. The molecule has 2 nitrogen and oxygen atoms in total. The lowest BCUT2D eigenvalue weighted by atomic mass is 9.50. The molecule has 0 heterocycles. The fraction of sp³-hybridized carbons (Fsp3) is 0.591. The van der Waals surface area contributed by atoms with Crippen LogP contribution in [0.3, 0.4) is 0 Å². The van der Waals surface area contributed by atoms with Crippen molar-refractivity contribution in [1.82, 2.24) is 0 Å². The highest BCUT2D eigenvalue weighted by Gasteiger charge is 2.50. The standard InChI is InChI=1S/C22H26O2/c1-2-4-18-5-3-6-19(20(18)21(23)24)7-8-22-12-15-9-16(13-22)11-17(10-15)14-22/h3,5-6,15-17H,2,4,9-14H2,1H3,(H,23,24). The van der Waals surface area contributed by atoms with Crippen molar-refractivity contribution in [3.8, 4) is 11.8 Å². The second-order valence-corrected chi connectivity index (χ2v) is 8.34. The molecule has 5 rings (SSSR count). The first kappa shape index (κ1) is 15.8. The van der Waals surface area contributed by atoms with Crippen molar-refractivity contribution in [2.24, 2.45) is 23.2 Å². The quantitative estimate of drug-likeness (QED) is 0.803. The monoisotopic (exact) mass is 322 g/mol. The first-order valence-corrected chi connectivity index (χ1v) is 9.47. The SMILES string of the molecule is CCCc1cccc(C#CC23CC4CC(CC(C4)C2)C3)c1C(=O)O. The van der Waals surface area contributed by atoms with Crippen LogP contribution < -0.4 is 0 Å². The molecule has 1 N–H and O–H groups in total. The van der Waals surface area contributed by atoms with Crippen LogP contribution >= 0.6 is 0 Å². The average Bonchev–Trinajstić information content (AvgIpc) is 2.52. The lowest BCUT2D eigenvalue weighted by molar-refractivity contribution is -0.0181. The Morgan fingerprint density at radius 2 is 1.79 bits per heavy atom. The highest BCUT2D eigenvalue weighted by Crippen LogP contribution is 2.59. The minimum Gasteiger partial charge on any atom is -0.478 e. The number of aryl methyl sites for hydroxylation is 1. The van der Waals surface area contributed by atoms with E-state index in [1.165, 1.54) is 38.5 Å². The fourth-order valence-corrected chi connectivity index (χ4v) is 5.90. The minimum absolute atomic E-state index is 0.172. The van der Waals surface area contributed by atoms with E-state index in [0.717, 1.165) is 36.2 Å². The van der Waals surface area contributed by atoms with Crippen molar-refractivity contribution in [3.63, 3.8) is 0 Å². The summed E-state index contributed by atoms with van der Waals surface area (Å²) in [5.74, 6) is 8.69. The number of rotatable bonds is 3. The third kappa shape index (κ3) is 2.75. The zero-order valence-electron chi connectivity index (χ0n) is 14.5. The van der Waals surface area contributed by atoms with Gasteiger partial charge in [0.1, 0.15) is 0 Å². The number of hydrogen-bond acceptors (Lipinski definition) is 1. The summed E-state index contributed by atoms with van der Waals surface area (Å²) in [6, 6.07) is 5.78. The van der Waals surface area contributed by atoms with E-state index in [2.05, 4.69) is 18.8 Å². The third-order valence-corrected chi connectivity index (χ3v) is 6.38. The first-order chi connectivity index (χ1) is 11.6. The van der Waals surface area contributed by atoms with Gasteiger partial charge in [-0.05, 0) is 74.3 Å². The Bertz CT molecular complexity index is 684. The molecule has 0 saturated heterocycles. The molecule has 24 heavy (non-hydrogen) atoms. The number of benzene rings is 1. The van der Waals surface area contributed by atoms with Gasteiger partial charge in [0.15, 0.2) is 0 Å². The molecule has 0 unspecified atom stereocenters. The maximum Gasteiger partial charge on any atom is 0.337 e. The lowest BCUT2D eigenvalue weighted by Gasteiger charge is -2.54. The predicted molar refractivity (Wildman–Crippen MR) is 94.9 cm³/mol. The summed E-state index contributed by atoms with van der Waals surface area (Å²) in [6.45, 7) is 2.08.